The first-order valence-corrected chi connectivity index (χ1v) is 8.93. The highest BCUT2D eigenvalue weighted by Gasteiger charge is 2.32. The number of ether oxygens (including phenoxy) is 3. The molecular formula is C21H23N3O5. The summed E-state index contributed by atoms with van der Waals surface area (Å²) < 4.78 is 16.2. The van der Waals surface area contributed by atoms with E-state index < -0.39 is 12.1 Å². The molecule has 0 aromatic heterocycles. The number of carbonyl (C=O) groups is 2. The van der Waals surface area contributed by atoms with Crippen LogP contribution in [0.4, 0.5) is 10.5 Å². The highest BCUT2D eigenvalue weighted by molar-refractivity contribution is 6.06. The average molecular weight is 397 g/mol. The van der Waals surface area contributed by atoms with Gasteiger partial charge in [0, 0.05) is 11.4 Å². The lowest BCUT2D eigenvalue weighted by Gasteiger charge is -2.29. The molecule has 0 bridgehead atoms. The average Bonchev–Trinajstić information content (AvgIpc) is 2.72. The number of rotatable bonds is 6. The molecular weight excluding hydrogens is 374 g/mol. The summed E-state index contributed by atoms with van der Waals surface area (Å²) in [6.07, 6.45) is 0. The van der Waals surface area contributed by atoms with Crippen LogP contribution in [0.15, 0.2) is 53.7 Å². The molecule has 0 spiro atoms. The van der Waals surface area contributed by atoms with Crippen LogP contribution < -0.4 is 30.2 Å². The maximum Gasteiger partial charge on any atom is 0.319 e. The van der Waals surface area contributed by atoms with E-state index in [1.165, 1.54) is 21.3 Å². The Morgan fingerprint density at radius 3 is 2.17 bits per heavy atom. The minimum absolute atomic E-state index is 0.333. The van der Waals surface area contributed by atoms with Crippen molar-refractivity contribution >= 4 is 17.6 Å². The second-order valence-corrected chi connectivity index (χ2v) is 6.35. The zero-order chi connectivity index (χ0) is 21.0. The summed E-state index contributed by atoms with van der Waals surface area (Å²) in [6.45, 7) is 1.68. The molecule has 2 aromatic carbocycles. The summed E-state index contributed by atoms with van der Waals surface area (Å²) in [5.41, 5.74) is 2.11. The Bertz CT molecular complexity index is 931. The number of hydrogen-bond acceptors (Lipinski definition) is 5. The number of para-hydroxylation sites is 1. The van der Waals surface area contributed by atoms with Crippen LogP contribution in [0.1, 0.15) is 18.5 Å². The third kappa shape index (κ3) is 4.11. The fraction of sp³-hybridized carbons (Fsp3) is 0.238. The third-order valence-electron chi connectivity index (χ3n) is 4.57. The van der Waals surface area contributed by atoms with Crippen molar-refractivity contribution in [3.8, 4) is 17.2 Å². The Hall–Kier alpha value is -3.68. The Kier molecular flexibility index (Phi) is 5.92. The molecule has 1 heterocycles. The van der Waals surface area contributed by atoms with Crippen molar-refractivity contribution in [3.63, 3.8) is 0 Å². The highest BCUT2D eigenvalue weighted by atomic mass is 16.5. The molecule has 1 aliphatic heterocycles. The Morgan fingerprint density at radius 1 is 1.00 bits per heavy atom. The van der Waals surface area contributed by atoms with Gasteiger partial charge in [-0.05, 0) is 36.8 Å². The van der Waals surface area contributed by atoms with Gasteiger partial charge in [-0.15, -0.1) is 0 Å². The van der Waals surface area contributed by atoms with Crippen LogP contribution in [0, 0.1) is 0 Å². The van der Waals surface area contributed by atoms with Crippen LogP contribution in [0.2, 0.25) is 0 Å². The minimum atomic E-state index is -0.707. The lowest BCUT2D eigenvalue weighted by molar-refractivity contribution is -0.113. The number of urea groups is 1. The molecule has 3 amide bonds. The monoisotopic (exact) mass is 397 g/mol. The summed E-state index contributed by atoms with van der Waals surface area (Å²) in [7, 11) is 4.52. The Balaban J connectivity index is 2.05. The molecule has 0 saturated heterocycles. The van der Waals surface area contributed by atoms with Gasteiger partial charge < -0.3 is 30.2 Å². The summed E-state index contributed by atoms with van der Waals surface area (Å²) in [5, 5.41) is 8.32. The maximum atomic E-state index is 13.1. The SMILES string of the molecule is COc1cc([C@@H]2NC(=O)NC(C)=C2C(=O)Nc2ccccc2)cc(OC)c1OC. The van der Waals surface area contributed by atoms with Crippen molar-refractivity contribution in [1.29, 1.82) is 0 Å². The third-order valence-corrected chi connectivity index (χ3v) is 4.57. The van der Waals surface area contributed by atoms with E-state index in [1.807, 2.05) is 18.2 Å². The fourth-order valence-electron chi connectivity index (χ4n) is 3.23. The van der Waals surface area contributed by atoms with Crippen LogP contribution in [0.25, 0.3) is 0 Å². The number of anilines is 1. The van der Waals surface area contributed by atoms with Gasteiger partial charge in [-0.2, -0.15) is 0 Å². The first kappa shape index (κ1) is 20.1. The van der Waals surface area contributed by atoms with E-state index in [0.29, 0.717) is 39.8 Å². The molecule has 8 heteroatoms. The molecule has 1 aliphatic rings. The molecule has 0 unspecified atom stereocenters. The highest BCUT2D eigenvalue weighted by Crippen LogP contribution is 2.41. The minimum Gasteiger partial charge on any atom is -0.493 e. The molecule has 3 N–H and O–H groups in total. The van der Waals surface area contributed by atoms with E-state index >= 15 is 0 Å². The van der Waals surface area contributed by atoms with Crippen LogP contribution >= 0.6 is 0 Å². The van der Waals surface area contributed by atoms with E-state index in [-0.39, 0.29) is 5.91 Å². The molecule has 3 rings (SSSR count). The van der Waals surface area contributed by atoms with Crippen LogP contribution in [0.3, 0.4) is 0 Å². The molecule has 2 aromatic rings. The van der Waals surface area contributed by atoms with Crippen LogP contribution in [0.5, 0.6) is 17.2 Å². The number of carbonyl (C=O) groups excluding carboxylic acids is 2. The Labute approximate surface area is 168 Å². The molecule has 8 nitrogen and oxygen atoms in total. The number of allylic oxidation sites excluding steroid dienone is 1. The van der Waals surface area contributed by atoms with Crippen molar-refractivity contribution in [2.75, 3.05) is 26.6 Å². The predicted octanol–water partition coefficient (Wildman–Crippen LogP) is 2.98. The van der Waals surface area contributed by atoms with Crippen molar-refractivity contribution in [1.82, 2.24) is 10.6 Å². The second kappa shape index (κ2) is 8.55. The van der Waals surface area contributed by atoms with Gasteiger partial charge in [-0.1, -0.05) is 18.2 Å². The van der Waals surface area contributed by atoms with Crippen molar-refractivity contribution in [2.45, 2.75) is 13.0 Å². The summed E-state index contributed by atoms with van der Waals surface area (Å²) in [6, 6.07) is 11.4. The van der Waals surface area contributed by atoms with Gasteiger partial charge in [-0.25, -0.2) is 4.79 Å². The van der Waals surface area contributed by atoms with Crippen LogP contribution in [-0.4, -0.2) is 33.3 Å². The molecule has 152 valence electrons. The fourth-order valence-corrected chi connectivity index (χ4v) is 3.23. The Morgan fingerprint density at radius 2 is 1.62 bits per heavy atom. The quantitative estimate of drug-likeness (QED) is 0.696. The number of amides is 3. The van der Waals surface area contributed by atoms with Gasteiger partial charge in [0.05, 0.1) is 32.9 Å². The van der Waals surface area contributed by atoms with Gasteiger partial charge in [0.25, 0.3) is 5.91 Å². The molecule has 0 saturated carbocycles. The first-order chi connectivity index (χ1) is 14.0. The number of benzene rings is 2. The summed E-state index contributed by atoms with van der Waals surface area (Å²) in [4.78, 5) is 25.2. The summed E-state index contributed by atoms with van der Waals surface area (Å²) in [5.74, 6) is 0.945. The molecule has 1 atom stereocenters. The largest absolute Gasteiger partial charge is 0.493 e. The van der Waals surface area contributed by atoms with E-state index in [1.54, 1.807) is 31.2 Å². The zero-order valence-electron chi connectivity index (χ0n) is 16.7. The topological polar surface area (TPSA) is 97.9 Å². The smallest absolute Gasteiger partial charge is 0.319 e. The van der Waals surface area contributed by atoms with Gasteiger partial charge in [0.15, 0.2) is 11.5 Å². The molecule has 0 aliphatic carbocycles. The van der Waals surface area contributed by atoms with Crippen molar-refractivity contribution in [3.05, 3.63) is 59.3 Å². The lowest BCUT2D eigenvalue weighted by Crippen LogP contribution is -2.46. The van der Waals surface area contributed by atoms with E-state index in [9.17, 15) is 9.59 Å². The zero-order valence-corrected chi connectivity index (χ0v) is 16.7. The van der Waals surface area contributed by atoms with E-state index in [4.69, 9.17) is 14.2 Å². The van der Waals surface area contributed by atoms with Gasteiger partial charge in [0.2, 0.25) is 5.75 Å². The molecule has 0 fully saturated rings. The number of methoxy groups -OCH3 is 3. The van der Waals surface area contributed by atoms with E-state index in [2.05, 4.69) is 16.0 Å². The first-order valence-electron chi connectivity index (χ1n) is 8.93. The van der Waals surface area contributed by atoms with Crippen molar-refractivity contribution in [2.24, 2.45) is 0 Å². The predicted molar refractivity (Wildman–Crippen MR) is 108 cm³/mol. The summed E-state index contributed by atoms with van der Waals surface area (Å²) >= 11 is 0. The second-order valence-electron chi connectivity index (χ2n) is 6.35. The van der Waals surface area contributed by atoms with Gasteiger partial charge in [0.1, 0.15) is 0 Å². The number of hydrogen-bond donors (Lipinski definition) is 3. The normalized spacial score (nSPS) is 15.9. The number of nitrogens with one attached hydrogen (secondary N) is 3. The lowest BCUT2D eigenvalue weighted by atomic mass is 9.94. The maximum absolute atomic E-state index is 13.1. The molecule has 29 heavy (non-hydrogen) atoms. The standard InChI is InChI=1S/C21H23N3O5/c1-12-17(20(25)23-14-8-6-5-7-9-14)18(24-21(26)22-12)13-10-15(27-2)19(29-4)16(11-13)28-3/h5-11,18H,1-4H3,(H,23,25)(H2,22,24,26)/t18-/m0/s1. The molecule has 0 radical (unpaired) electrons. The van der Waals surface area contributed by atoms with Crippen LogP contribution in [-0.2, 0) is 4.79 Å². The van der Waals surface area contributed by atoms with Gasteiger partial charge in [-0.3, -0.25) is 4.79 Å². The van der Waals surface area contributed by atoms with Gasteiger partial charge >= 0.3 is 6.03 Å². The van der Waals surface area contributed by atoms with E-state index in [0.717, 1.165) is 0 Å². The van der Waals surface area contributed by atoms with Crippen molar-refractivity contribution < 1.29 is 23.8 Å².